The maximum Gasteiger partial charge on any atom is 0.307 e. The van der Waals surface area contributed by atoms with Crippen molar-refractivity contribution in [3.63, 3.8) is 0 Å². The van der Waals surface area contributed by atoms with Crippen molar-refractivity contribution in [1.82, 2.24) is 0 Å². The molecule has 138 valence electrons. The highest BCUT2D eigenvalue weighted by Crippen LogP contribution is 2.48. The van der Waals surface area contributed by atoms with E-state index in [4.69, 9.17) is 4.74 Å². The van der Waals surface area contributed by atoms with Crippen molar-refractivity contribution in [3.05, 3.63) is 64.9 Å². The van der Waals surface area contributed by atoms with Crippen LogP contribution in [0, 0.1) is 25.7 Å². The third-order valence-corrected chi connectivity index (χ3v) is 5.81. The Kier molecular flexibility index (Phi) is 4.47. The SMILES string of the molecule is CC(=O)OC1=C(c2c(C)cc(-c3ccccc3)cc2C)C(=O)[C@@H]2CC[C@H]1C2. The lowest BCUT2D eigenvalue weighted by Gasteiger charge is -2.26. The maximum atomic E-state index is 13.2. The minimum Gasteiger partial charge on any atom is -0.430 e. The van der Waals surface area contributed by atoms with Gasteiger partial charge >= 0.3 is 5.97 Å². The molecule has 2 aromatic rings. The Morgan fingerprint density at radius 3 is 2.22 bits per heavy atom. The van der Waals surface area contributed by atoms with Gasteiger partial charge in [0.2, 0.25) is 0 Å². The fourth-order valence-electron chi connectivity index (χ4n) is 4.68. The van der Waals surface area contributed by atoms with E-state index in [-0.39, 0.29) is 23.6 Å². The number of hydrogen-bond donors (Lipinski definition) is 0. The molecule has 27 heavy (non-hydrogen) atoms. The molecule has 0 N–H and O–H groups in total. The highest BCUT2D eigenvalue weighted by atomic mass is 16.5. The van der Waals surface area contributed by atoms with Crippen molar-refractivity contribution in [2.45, 2.75) is 40.0 Å². The van der Waals surface area contributed by atoms with Crippen molar-refractivity contribution in [1.29, 1.82) is 0 Å². The molecule has 2 aliphatic carbocycles. The first-order valence-electron chi connectivity index (χ1n) is 9.59. The van der Waals surface area contributed by atoms with Gasteiger partial charge in [-0.2, -0.15) is 0 Å². The van der Waals surface area contributed by atoms with Crippen LogP contribution in [0.3, 0.4) is 0 Å². The van der Waals surface area contributed by atoms with Crippen LogP contribution in [0.1, 0.15) is 42.9 Å². The number of rotatable bonds is 3. The van der Waals surface area contributed by atoms with Crippen molar-refractivity contribution >= 4 is 17.3 Å². The molecule has 0 saturated heterocycles. The molecular formula is C24H24O3. The number of fused-ring (bicyclic) bond motifs is 2. The first-order valence-corrected chi connectivity index (χ1v) is 9.59. The van der Waals surface area contributed by atoms with Crippen molar-refractivity contribution in [2.75, 3.05) is 0 Å². The molecule has 2 bridgehead atoms. The molecule has 0 aromatic heterocycles. The Bertz CT molecular complexity index is 930. The summed E-state index contributed by atoms with van der Waals surface area (Å²) in [6, 6.07) is 14.5. The number of esters is 1. The molecule has 2 aliphatic rings. The van der Waals surface area contributed by atoms with Crippen LogP contribution in [0.15, 0.2) is 48.2 Å². The quantitative estimate of drug-likeness (QED) is 0.703. The van der Waals surface area contributed by atoms with Gasteiger partial charge in [-0.25, -0.2) is 0 Å². The van der Waals surface area contributed by atoms with E-state index in [0.717, 1.165) is 47.1 Å². The molecule has 1 saturated carbocycles. The number of allylic oxidation sites excluding steroid dienone is 2. The van der Waals surface area contributed by atoms with Crippen LogP contribution in [-0.2, 0) is 14.3 Å². The van der Waals surface area contributed by atoms with E-state index >= 15 is 0 Å². The van der Waals surface area contributed by atoms with E-state index < -0.39 is 0 Å². The first-order chi connectivity index (χ1) is 13.0. The second-order valence-corrected chi connectivity index (χ2v) is 7.76. The van der Waals surface area contributed by atoms with Crippen LogP contribution >= 0.6 is 0 Å². The average molecular weight is 360 g/mol. The van der Waals surface area contributed by atoms with Gasteiger partial charge in [0.25, 0.3) is 0 Å². The van der Waals surface area contributed by atoms with Crippen molar-refractivity contribution in [2.24, 2.45) is 11.8 Å². The van der Waals surface area contributed by atoms with Gasteiger partial charge in [-0.3, -0.25) is 9.59 Å². The lowest BCUT2D eigenvalue weighted by atomic mass is 9.80. The van der Waals surface area contributed by atoms with Crippen molar-refractivity contribution in [3.8, 4) is 11.1 Å². The predicted molar refractivity (Wildman–Crippen MR) is 106 cm³/mol. The molecule has 4 rings (SSSR count). The first kappa shape index (κ1) is 17.7. The normalized spacial score (nSPS) is 21.5. The van der Waals surface area contributed by atoms with Gasteiger partial charge in [-0.05, 0) is 60.9 Å². The monoisotopic (exact) mass is 360 g/mol. The molecular weight excluding hydrogens is 336 g/mol. The Labute approximate surface area is 160 Å². The summed E-state index contributed by atoms with van der Waals surface area (Å²) >= 11 is 0. The molecule has 0 amide bonds. The third-order valence-electron chi connectivity index (χ3n) is 5.81. The standard InChI is InChI=1S/C24H24O3/c1-14-11-20(17-7-5-4-6-8-17)12-15(2)21(14)22-23(26)18-9-10-19(13-18)24(22)27-16(3)25/h4-8,11-12,18-19H,9-10,13H2,1-3H3/t18-,19+/m1/s1. The molecule has 0 radical (unpaired) electrons. The number of ketones is 1. The number of benzene rings is 2. The zero-order valence-corrected chi connectivity index (χ0v) is 16.0. The molecule has 0 spiro atoms. The van der Waals surface area contributed by atoms with E-state index in [2.05, 4.69) is 24.3 Å². The Morgan fingerprint density at radius 1 is 0.963 bits per heavy atom. The number of Topliss-reactive ketones (excluding diaryl/α,β-unsaturated/α-hetero) is 1. The lowest BCUT2D eigenvalue weighted by molar-refractivity contribution is -0.137. The van der Waals surface area contributed by atoms with Crippen LogP contribution < -0.4 is 0 Å². The topological polar surface area (TPSA) is 43.4 Å². The number of carbonyl (C=O) groups excluding carboxylic acids is 2. The molecule has 3 nitrogen and oxygen atoms in total. The number of hydrogen-bond acceptors (Lipinski definition) is 3. The zero-order chi connectivity index (χ0) is 19.1. The van der Waals surface area contributed by atoms with Crippen molar-refractivity contribution < 1.29 is 14.3 Å². The number of ether oxygens (including phenoxy) is 1. The van der Waals surface area contributed by atoms with Gasteiger partial charge < -0.3 is 4.74 Å². The van der Waals surface area contributed by atoms with Gasteiger partial charge in [-0.15, -0.1) is 0 Å². The van der Waals surface area contributed by atoms with Crippen LogP contribution in [0.5, 0.6) is 0 Å². The minimum absolute atomic E-state index is 0.0666. The maximum absolute atomic E-state index is 13.2. The molecule has 3 heteroatoms. The Hall–Kier alpha value is -2.68. The number of carbonyl (C=O) groups is 2. The Balaban J connectivity index is 1.88. The summed E-state index contributed by atoms with van der Waals surface area (Å²) < 4.78 is 5.60. The fourth-order valence-corrected chi connectivity index (χ4v) is 4.68. The lowest BCUT2D eigenvalue weighted by Crippen LogP contribution is -2.24. The fraction of sp³-hybridized carbons (Fsp3) is 0.333. The van der Waals surface area contributed by atoms with Crippen LogP contribution in [-0.4, -0.2) is 11.8 Å². The second-order valence-electron chi connectivity index (χ2n) is 7.76. The molecule has 1 fully saturated rings. The van der Waals surface area contributed by atoms with Gasteiger partial charge in [0, 0.05) is 18.8 Å². The van der Waals surface area contributed by atoms with E-state index in [1.54, 1.807) is 0 Å². The predicted octanol–water partition coefficient (Wildman–Crippen LogP) is 5.24. The molecule has 2 atom stereocenters. The highest BCUT2D eigenvalue weighted by molar-refractivity contribution is 6.24. The van der Waals surface area contributed by atoms with Crippen LogP contribution in [0.2, 0.25) is 0 Å². The summed E-state index contributed by atoms with van der Waals surface area (Å²) in [6.07, 6.45) is 2.62. The summed E-state index contributed by atoms with van der Waals surface area (Å²) in [5.74, 6) is 0.631. The largest absolute Gasteiger partial charge is 0.430 e. The molecule has 0 heterocycles. The van der Waals surface area contributed by atoms with E-state index in [1.807, 2.05) is 32.0 Å². The molecule has 0 aliphatic heterocycles. The van der Waals surface area contributed by atoms with Crippen LogP contribution in [0.25, 0.3) is 16.7 Å². The van der Waals surface area contributed by atoms with Gasteiger partial charge in [0.15, 0.2) is 5.78 Å². The van der Waals surface area contributed by atoms with Gasteiger partial charge in [-0.1, -0.05) is 42.5 Å². The summed E-state index contributed by atoms with van der Waals surface area (Å²) in [5, 5.41) is 0. The summed E-state index contributed by atoms with van der Waals surface area (Å²) in [6.45, 7) is 5.49. The molecule has 2 aromatic carbocycles. The van der Waals surface area contributed by atoms with E-state index in [9.17, 15) is 9.59 Å². The van der Waals surface area contributed by atoms with Gasteiger partial charge in [0.05, 0.1) is 5.57 Å². The highest BCUT2D eigenvalue weighted by Gasteiger charge is 2.43. The number of aryl methyl sites for hydroxylation is 2. The van der Waals surface area contributed by atoms with Crippen LogP contribution in [0.4, 0.5) is 0 Å². The summed E-state index contributed by atoms with van der Waals surface area (Å²) in [5.41, 5.74) is 5.95. The third kappa shape index (κ3) is 3.12. The summed E-state index contributed by atoms with van der Waals surface area (Å²) in [4.78, 5) is 24.9. The second kappa shape index (κ2) is 6.80. The smallest absolute Gasteiger partial charge is 0.307 e. The Morgan fingerprint density at radius 2 is 1.59 bits per heavy atom. The minimum atomic E-state index is -0.350. The van der Waals surface area contributed by atoms with E-state index in [1.165, 1.54) is 6.92 Å². The van der Waals surface area contributed by atoms with Gasteiger partial charge in [0.1, 0.15) is 5.76 Å². The average Bonchev–Trinajstić information content (AvgIpc) is 3.08. The van der Waals surface area contributed by atoms with E-state index in [0.29, 0.717) is 11.3 Å². The zero-order valence-electron chi connectivity index (χ0n) is 16.0. The molecule has 0 unspecified atom stereocenters. The summed E-state index contributed by atoms with van der Waals surface area (Å²) in [7, 11) is 0.